The van der Waals surface area contributed by atoms with Crippen LogP contribution in [0.15, 0.2) is 41.1 Å². The van der Waals surface area contributed by atoms with Gasteiger partial charge in [0.25, 0.3) is 5.91 Å². The first kappa shape index (κ1) is 58.7. The summed E-state index contributed by atoms with van der Waals surface area (Å²) in [5, 5.41) is 5.23. The first-order valence-electron chi connectivity index (χ1n) is 24.2. The number of carbonyl (C=O) groups is 10. The Morgan fingerprint density at radius 1 is 0.671 bits per heavy atom. The maximum Gasteiger partial charge on any atom is 0.302 e. The van der Waals surface area contributed by atoms with Gasteiger partial charge in [0.15, 0.2) is 5.76 Å². The van der Waals surface area contributed by atoms with Crippen molar-refractivity contribution in [2.45, 2.75) is 123 Å². The lowest BCUT2D eigenvalue weighted by Gasteiger charge is -2.42. The van der Waals surface area contributed by atoms with E-state index >= 15 is 0 Å². The summed E-state index contributed by atoms with van der Waals surface area (Å²) in [6.07, 6.45) is 8.83. The molecule has 0 radical (unpaired) electrons. The van der Waals surface area contributed by atoms with Gasteiger partial charge in [0.05, 0.1) is 6.26 Å². The van der Waals surface area contributed by atoms with Gasteiger partial charge in [-0.15, -0.1) is 0 Å². The number of piperidine rings is 1. The Kier molecular flexibility index (Phi) is 22.3. The number of aromatic nitrogens is 1. The Balaban J connectivity index is 1.62. The molecule has 73 heavy (non-hydrogen) atoms. The Labute approximate surface area is 424 Å². The Bertz CT molecular complexity index is 2070. The molecule has 2 N–H and O–H groups in total. The molecule has 4 amide bonds. The summed E-state index contributed by atoms with van der Waals surface area (Å²) in [5.74, 6) is -6.69. The number of carbonyl (C=O) groups excluding carboxylic acids is 10. The molecule has 0 bridgehead atoms. The fraction of sp³-hybridized carbons (Fsp3) is 0.620. The number of furan rings is 1. The number of hydrogen-bond donors (Lipinski definition) is 2. The number of rotatable bonds is 26. The first-order valence-corrected chi connectivity index (χ1v) is 24.2. The van der Waals surface area contributed by atoms with Crippen molar-refractivity contribution in [3.05, 3.63) is 48.0 Å². The van der Waals surface area contributed by atoms with Gasteiger partial charge in [0.2, 0.25) is 17.7 Å². The molecule has 2 aromatic heterocycles. The van der Waals surface area contributed by atoms with Crippen molar-refractivity contribution in [3.8, 4) is 0 Å². The van der Waals surface area contributed by atoms with Crippen molar-refractivity contribution in [1.82, 2.24) is 25.4 Å². The van der Waals surface area contributed by atoms with E-state index < -0.39 is 123 Å². The van der Waals surface area contributed by atoms with Crippen LogP contribution in [0.4, 0.5) is 5.82 Å². The number of hydrogen-bond acceptors (Lipinski definition) is 19. The van der Waals surface area contributed by atoms with E-state index in [0.29, 0.717) is 57.6 Å². The van der Waals surface area contributed by atoms with Gasteiger partial charge in [-0.1, -0.05) is 25.3 Å². The molecule has 23 nitrogen and oxygen atoms in total. The first-order chi connectivity index (χ1) is 34.5. The molecular weight excluding hydrogens is 957 g/mol. The summed E-state index contributed by atoms with van der Waals surface area (Å²) >= 11 is 0. The van der Waals surface area contributed by atoms with Crippen molar-refractivity contribution in [1.29, 1.82) is 0 Å². The van der Waals surface area contributed by atoms with Crippen LogP contribution in [0.25, 0.3) is 0 Å². The standard InChI is InChI=1S/C50H70N6O17/c1-34-13-14-43(51-25-34)56(47(66)42-12-11-23-67-42)41-15-20-54(21-16-41)22-19-48(17-9-8-10-18-48)24-46(65)55(26-44(63)52-49(28-68-35(2)57,29-69-36(3)58)30-70-37(4)59)27-45(64)53-50(31-71-38(5)60,32-72-39(6)61)33-73-40(7)62/h11-14,23,25,41H,8-10,15-22,24,26-33H2,1-7H3,(H,52,63)(H,53,64). The zero-order chi connectivity index (χ0) is 53.8. The van der Waals surface area contributed by atoms with E-state index in [9.17, 15) is 47.9 Å². The van der Waals surface area contributed by atoms with Gasteiger partial charge in [-0.3, -0.25) is 52.8 Å². The second-order valence-electron chi connectivity index (χ2n) is 19.0. The minimum atomic E-state index is -1.85. The van der Waals surface area contributed by atoms with Crippen LogP contribution < -0.4 is 15.5 Å². The SMILES string of the molecule is CC(=O)OCC(COC(C)=O)(COC(C)=O)NC(=O)CN(CC(=O)NC(COC(C)=O)(COC(C)=O)COC(C)=O)C(=O)CC1(CCN2CCC(N(C(=O)c3ccco3)c3ccc(C)cn3)CC2)CCCCC1. The average Bonchev–Trinajstić information content (AvgIpc) is 3.88. The predicted octanol–water partition coefficient (Wildman–Crippen LogP) is 2.74. The summed E-state index contributed by atoms with van der Waals surface area (Å²) in [6, 6.07) is 6.83. The van der Waals surface area contributed by atoms with Gasteiger partial charge in [-0.05, 0) is 74.8 Å². The Morgan fingerprint density at radius 2 is 1.12 bits per heavy atom. The molecular formula is C50H70N6O17. The number of anilines is 1. The van der Waals surface area contributed by atoms with Crippen molar-refractivity contribution in [2.75, 3.05) is 77.3 Å². The highest BCUT2D eigenvalue weighted by Crippen LogP contribution is 2.43. The van der Waals surface area contributed by atoms with Crippen LogP contribution in [0.5, 0.6) is 0 Å². The summed E-state index contributed by atoms with van der Waals surface area (Å²) in [4.78, 5) is 139. The predicted molar refractivity (Wildman–Crippen MR) is 257 cm³/mol. The van der Waals surface area contributed by atoms with E-state index in [0.717, 1.165) is 71.3 Å². The third-order valence-electron chi connectivity index (χ3n) is 12.6. The smallest absolute Gasteiger partial charge is 0.302 e. The molecule has 0 spiro atoms. The molecule has 4 rings (SSSR count). The average molecular weight is 1030 g/mol. The number of likely N-dealkylation sites (tertiary alicyclic amines) is 1. The van der Waals surface area contributed by atoms with Crippen LogP contribution in [0, 0.1) is 12.3 Å². The molecule has 0 aromatic carbocycles. The van der Waals surface area contributed by atoms with Crippen molar-refractivity contribution in [2.24, 2.45) is 5.41 Å². The fourth-order valence-electron chi connectivity index (χ4n) is 8.78. The number of aryl methyl sites for hydroxylation is 1. The topological polar surface area (TPSA) is 286 Å². The van der Waals surface area contributed by atoms with E-state index in [1.54, 1.807) is 23.2 Å². The van der Waals surface area contributed by atoms with Gasteiger partial charge < -0.3 is 53.3 Å². The molecule has 3 heterocycles. The van der Waals surface area contributed by atoms with E-state index in [1.165, 1.54) is 6.26 Å². The molecule has 1 saturated carbocycles. The van der Waals surface area contributed by atoms with E-state index in [2.05, 4.69) is 20.5 Å². The molecule has 0 atom stereocenters. The van der Waals surface area contributed by atoms with Crippen molar-refractivity contribution < 1.29 is 80.8 Å². The molecule has 1 saturated heterocycles. The molecule has 2 aromatic rings. The third kappa shape index (κ3) is 19.6. The quantitative estimate of drug-likeness (QED) is 0.101. The number of pyridine rings is 1. The minimum absolute atomic E-state index is 0.0898. The summed E-state index contributed by atoms with van der Waals surface area (Å²) in [7, 11) is 0. The highest BCUT2D eigenvalue weighted by molar-refractivity contribution is 6.04. The van der Waals surface area contributed by atoms with Gasteiger partial charge in [-0.2, -0.15) is 0 Å². The number of amides is 4. The van der Waals surface area contributed by atoms with E-state index in [1.807, 2.05) is 19.1 Å². The van der Waals surface area contributed by atoms with Crippen LogP contribution in [0.3, 0.4) is 0 Å². The molecule has 0 unspecified atom stereocenters. The number of esters is 6. The fourth-order valence-corrected chi connectivity index (χ4v) is 8.78. The Morgan fingerprint density at radius 3 is 1.51 bits per heavy atom. The molecule has 23 heteroatoms. The largest absolute Gasteiger partial charge is 0.463 e. The molecule has 2 fully saturated rings. The lowest BCUT2D eigenvalue weighted by Crippen LogP contribution is -2.62. The molecule has 1 aliphatic heterocycles. The highest BCUT2D eigenvalue weighted by Gasteiger charge is 2.42. The van der Waals surface area contributed by atoms with Crippen LogP contribution in [0.1, 0.15) is 115 Å². The molecule has 402 valence electrons. The lowest BCUT2D eigenvalue weighted by molar-refractivity contribution is -0.158. The summed E-state index contributed by atoms with van der Waals surface area (Å²) in [5.41, 5.74) is -3.31. The van der Waals surface area contributed by atoms with Crippen molar-refractivity contribution >= 4 is 65.3 Å². The van der Waals surface area contributed by atoms with E-state index in [4.69, 9.17) is 32.8 Å². The van der Waals surface area contributed by atoms with Gasteiger partial charge in [-0.25, -0.2) is 4.98 Å². The number of nitrogens with zero attached hydrogens (tertiary/aromatic N) is 4. The maximum absolute atomic E-state index is 14.9. The lowest BCUT2D eigenvalue weighted by atomic mass is 9.69. The van der Waals surface area contributed by atoms with Crippen LogP contribution in [0.2, 0.25) is 0 Å². The summed E-state index contributed by atoms with van der Waals surface area (Å²) < 4.78 is 36.7. The number of ether oxygens (including phenoxy) is 6. The highest BCUT2D eigenvalue weighted by atomic mass is 16.6. The zero-order valence-corrected chi connectivity index (χ0v) is 42.9. The van der Waals surface area contributed by atoms with Gasteiger partial charge in [0.1, 0.15) is 69.6 Å². The van der Waals surface area contributed by atoms with Crippen molar-refractivity contribution in [3.63, 3.8) is 0 Å². The van der Waals surface area contributed by atoms with Crippen LogP contribution in [-0.4, -0.2) is 164 Å². The second-order valence-corrected chi connectivity index (χ2v) is 19.0. The maximum atomic E-state index is 14.9. The van der Waals surface area contributed by atoms with Gasteiger partial charge in [0, 0.05) is 73.3 Å². The van der Waals surface area contributed by atoms with Crippen LogP contribution in [-0.2, 0) is 71.6 Å². The van der Waals surface area contributed by atoms with E-state index in [-0.39, 0.29) is 24.1 Å². The number of nitrogens with one attached hydrogen (secondary N) is 2. The minimum Gasteiger partial charge on any atom is -0.463 e. The zero-order valence-electron chi connectivity index (χ0n) is 42.9. The Hall–Kier alpha value is -6.91. The monoisotopic (exact) mass is 1030 g/mol. The third-order valence-corrected chi connectivity index (χ3v) is 12.6. The second kappa shape index (κ2) is 27.8. The van der Waals surface area contributed by atoms with Crippen LogP contribution >= 0.6 is 0 Å². The van der Waals surface area contributed by atoms with Gasteiger partial charge >= 0.3 is 35.8 Å². The molecule has 2 aliphatic rings. The molecule has 1 aliphatic carbocycles. The normalized spacial score (nSPS) is 14.9. The summed E-state index contributed by atoms with van der Waals surface area (Å²) in [6.45, 7) is 5.01.